The molecule has 1 heterocycles. The highest BCUT2D eigenvalue weighted by molar-refractivity contribution is 6.80. The van der Waals surface area contributed by atoms with Crippen molar-refractivity contribution in [2.24, 2.45) is 0 Å². The van der Waals surface area contributed by atoms with Crippen LogP contribution in [0.1, 0.15) is 31.7 Å². The first-order valence-corrected chi connectivity index (χ1v) is 9.76. The molecule has 0 radical (unpaired) electrons. The van der Waals surface area contributed by atoms with Gasteiger partial charge in [-0.05, 0) is 30.4 Å². The summed E-state index contributed by atoms with van der Waals surface area (Å²) < 4.78 is 1.75. The van der Waals surface area contributed by atoms with Gasteiger partial charge in [-0.3, -0.25) is 0 Å². The summed E-state index contributed by atoms with van der Waals surface area (Å²) in [6, 6.07) is 11.1. The van der Waals surface area contributed by atoms with Crippen LogP contribution in [0.5, 0.6) is 0 Å². The maximum absolute atomic E-state index is 2.45. The van der Waals surface area contributed by atoms with Crippen LogP contribution < -0.4 is 0 Å². The summed E-state index contributed by atoms with van der Waals surface area (Å²) in [4.78, 5) is 0. The molecule has 2 aliphatic rings. The van der Waals surface area contributed by atoms with Gasteiger partial charge in [0.05, 0.1) is 0 Å². The summed E-state index contributed by atoms with van der Waals surface area (Å²) >= 11 is -0.726. The molecule has 1 heteroatoms. The zero-order valence-electron chi connectivity index (χ0n) is 11.7. The minimum absolute atomic E-state index is 0.726. The summed E-state index contributed by atoms with van der Waals surface area (Å²) in [7, 11) is 0. The van der Waals surface area contributed by atoms with E-state index in [-0.39, 0.29) is 0 Å². The lowest BCUT2D eigenvalue weighted by atomic mass is 9.96. The molecule has 19 heavy (non-hydrogen) atoms. The van der Waals surface area contributed by atoms with Gasteiger partial charge < -0.3 is 0 Å². The fourth-order valence-corrected chi connectivity index (χ4v) is 6.63. The van der Waals surface area contributed by atoms with Crippen LogP contribution >= 0.6 is 0 Å². The van der Waals surface area contributed by atoms with E-state index in [0.717, 1.165) is 0 Å². The third kappa shape index (κ3) is 2.64. The molecule has 3 rings (SSSR count). The molecule has 1 aromatic carbocycles. The Kier molecular flexibility index (Phi) is 4.07. The zero-order valence-corrected chi connectivity index (χ0v) is 12.9. The molecule has 1 aromatic rings. The fourth-order valence-electron chi connectivity index (χ4n) is 3.42. The molecule has 0 bridgehead atoms. The van der Waals surface area contributed by atoms with E-state index in [1.807, 2.05) is 0 Å². The number of hydrogen-bond donors (Lipinski definition) is 0. The van der Waals surface area contributed by atoms with Crippen molar-refractivity contribution in [3.63, 3.8) is 0 Å². The van der Waals surface area contributed by atoms with Crippen LogP contribution in [0.25, 0.3) is 4.44 Å². The first-order chi connectivity index (χ1) is 9.40. The molecule has 1 aliphatic carbocycles. The molecule has 0 spiro atoms. The molecule has 0 N–H and O–H groups in total. The average molecular weight is 264 g/mol. The number of rotatable bonds is 3. The van der Waals surface area contributed by atoms with Crippen molar-refractivity contribution in [2.45, 2.75) is 36.8 Å². The Bertz CT molecular complexity index is 534. The van der Waals surface area contributed by atoms with E-state index in [9.17, 15) is 0 Å². The Morgan fingerprint density at radius 3 is 2.63 bits per heavy atom. The number of benzene rings is 1. The van der Waals surface area contributed by atoms with Crippen LogP contribution in [0.4, 0.5) is 0 Å². The van der Waals surface area contributed by atoms with Crippen LogP contribution in [0, 0.1) is 0 Å². The molecule has 0 saturated carbocycles. The highest BCUT2D eigenvalue weighted by Gasteiger charge is 2.31. The first kappa shape index (κ1) is 13.0. The van der Waals surface area contributed by atoms with Crippen LogP contribution in [0.2, 0.25) is 10.6 Å². The Morgan fingerprint density at radius 2 is 1.95 bits per heavy atom. The van der Waals surface area contributed by atoms with Gasteiger partial charge in [-0.25, -0.2) is 0 Å². The smallest absolute Gasteiger partial charge is 0.0999 e. The van der Waals surface area contributed by atoms with E-state index in [2.05, 4.69) is 55.5 Å². The number of allylic oxidation sites excluding steroid dienone is 5. The minimum Gasteiger partial charge on any atom is -0.0999 e. The van der Waals surface area contributed by atoms with Crippen LogP contribution in [0.3, 0.4) is 0 Å². The van der Waals surface area contributed by atoms with Crippen molar-refractivity contribution in [3.05, 3.63) is 65.3 Å². The van der Waals surface area contributed by atoms with E-state index in [1.165, 1.54) is 41.0 Å². The predicted octanol–water partition coefficient (Wildman–Crippen LogP) is 5.17. The van der Waals surface area contributed by atoms with E-state index in [0.29, 0.717) is 0 Å². The van der Waals surface area contributed by atoms with Crippen molar-refractivity contribution < 1.29 is 0 Å². The van der Waals surface area contributed by atoms with Gasteiger partial charge in [-0.2, -0.15) is 0 Å². The van der Waals surface area contributed by atoms with Crippen LogP contribution in [0.15, 0.2) is 59.7 Å². The minimum atomic E-state index is -0.726. The van der Waals surface area contributed by atoms with Gasteiger partial charge in [0.15, 0.2) is 0 Å². The Balaban J connectivity index is 2.06. The van der Waals surface area contributed by atoms with Crippen LogP contribution in [-0.2, 0) is 0 Å². The van der Waals surface area contributed by atoms with Gasteiger partial charge in [-0.1, -0.05) is 76.1 Å². The van der Waals surface area contributed by atoms with Crippen molar-refractivity contribution in [3.8, 4) is 0 Å². The maximum Gasteiger partial charge on any atom is 0.307 e. The summed E-state index contributed by atoms with van der Waals surface area (Å²) in [5, 5.41) is 2.85. The fraction of sp³-hybridized carbons (Fsp3) is 0.333. The molecule has 0 saturated heterocycles. The quantitative estimate of drug-likeness (QED) is 0.660. The summed E-state index contributed by atoms with van der Waals surface area (Å²) in [6.07, 6.45) is 10.9. The monoisotopic (exact) mass is 264 g/mol. The molecule has 96 valence electrons. The van der Waals surface area contributed by atoms with Crippen LogP contribution in [-0.4, -0.2) is 14.1 Å². The van der Waals surface area contributed by atoms with Gasteiger partial charge in [0, 0.05) is 0 Å². The maximum atomic E-state index is 2.45. The second kappa shape index (κ2) is 5.95. The highest BCUT2D eigenvalue weighted by Crippen LogP contribution is 2.40. The molecular formula is C18H21Al. The van der Waals surface area contributed by atoms with E-state index in [4.69, 9.17) is 0 Å². The summed E-state index contributed by atoms with van der Waals surface area (Å²) in [5.41, 5.74) is 4.68. The van der Waals surface area contributed by atoms with Crippen molar-refractivity contribution in [1.29, 1.82) is 0 Å². The zero-order chi connectivity index (χ0) is 13.1. The number of hydrogen-bond acceptors (Lipinski definition) is 0. The van der Waals surface area contributed by atoms with E-state index < -0.39 is 14.1 Å². The molecule has 0 unspecified atom stereocenters. The largest absolute Gasteiger partial charge is 0.307 e. The van der Waals surface area contributed by atoms with E-state index >= 15 is 0 Å². The molecular weight excluding hydrogens is 243 g/mol. The highest BCUT2D eigenvalue weighted by atomic mass is 27.2. The van der Waals surface area contributed by atoms with E-state index in [1.54, 1.807) is 10.0 Å². The molecule has 0 atom stereocenters. The van der Waals surface area contributed by atoms with Gasteiger partial charge in [0.2, 0.25) is 0 Å². The second-order valence-corrected chi connectivity index (χ2v) is 8.91. The standard InChI is InChI=1S/C16H16.C2H5.Al/c1-2-15(16-11-7-4-8-12-16)13-14-9-5-3-6-10-14;1-2;/h3,5-7,9-12H,1-2,4,8H2;1H2,2H3;. The average Bonchev–Trinajstić information content (AvgIpc) is 2.93. The lowest BCUT2D eigenvalue weighted by molar-refractivity contribution is 1.01. The Labute approximate surface area is 120 Å². The summed E-state index contributed by atoms with van der Waals surface area (Å²) in [6.45, 7) is 2.38. The van der Waals surface area contributed by atoms with Gasteiger partial charge in [-0.15, -0.1) is 0 Å². The third-order valence-corrected chi connectivity index (χ3v) is 7.87. The van der Waals surface area contributed by atoms with Gasteiger partial charge in [0.25, 0.3) is 0 Å². The third-order valence-electron chi connectivity index (χ3n) is 4.40. The summed E-state index contributed by atoms with van der Waals surface area (Å²) in [5.74, 6) is 0. The normalized spacial score (nSPS) is 19.0. The Hall–Kier alpha value is -1.03. The van der Waals surface area contributed by atoms with Crippen molar-refractivity contribution >= 4 is 18.6 Å². The molecule has 0 fully saturated rings. The topological polar surface area (TPSA) is 0 Å². The molecule has 0 nitrogen and oxygen atoms in total. The second-order valence-electron chi connectivity index (χ2n) is 5.54. The SMILES string of the molecule is C[CH2][Al]1[CH2]CC(C2=CCCC=C2)=[C]1c1ccccc1. The molecule has 0 amide bonds. The van der Waals surface area contributed by atoms with Crippen molar-refractivity contribution in [1.82, 2.24) is 0 Å². The lowest BCUT2D eigenvalue weighted by Gasteiger charge is -2.14. The predicted molar refractivity (Wildman–Crippen MR) is 85.5 cm³/mol. The molecule has 1 aliphatic heterocycles. The van der Waals surface area contributed by atoms with Gasteiger partial charge >= 0.3 is 14.1 Å². The van der Waals surface area contributed by atoms with Crippen molar-refractivity contribution in [2.75, 3.05) is 0 Å². The Morgan fingerprint density at radius 1 is 1.11 bits per heavy atom. The van der Waals surface area contributed by atoms with Gasteiger partial charge in [0.1, 0.15) is 0 Å². The first-order valence-electron chi connectivity index (χ1n) is 7.55. The molecule has 0 aromatic heterocycles. The lowest BCUT2D eigenvalue weighted by Crippen LogP contribution is -2.09.